The van der Waals surface area contributed by atoms with E-state index < -0.39 is 5.97 Å². The number of anilines is 1. The van der Waals surface area contributed by atoms with Crippen molar-refractivity contribution in [3.8, 4) is 11.8 Å². The first-order valence-electron chi connectivity index (χ1n) is 4.38. The number of methoxy groups -OCH3 is 1. The van der Waals surface area contributed by atoms with E-state index in [-0.39, 0.29) is 0 Å². The Hall–Kier alpha value is -2.02. The van der Waals surface area contributed by atoms with Gasteiger partial charge in [0.25, 0.3) is 0 Å². The fourth-order valence-electron chi connectivity index (χ4n) is 1.21. The van der Waals surface area contributed by atoms with Crippen LogP contribution in [0.1, 0.15) is 16.8 Å². The molecule has 1 aromatic rings. The van der Waals surface area contributed by atoms with Gasteiger partial charge in [0.15, 0.2) is 0 Å². The topological polar surface area (TPSA) is 65.2 Å². The van der Waals surface area contributed by atoms with Gasteiger partial charge in [0, 0.05) is 11.5 Å². The lowest BCUT2D eigenvalue weighted by atomic mass is 10.1. The summed E-state index contributed by atoms with van der Waals surface area (Å²) in [6.45, 7) is 3.66. The highest BCUT2D eigenvalue weighted by Gasteiger charge is 2.02. The third kappa shape index (κ3) is 2.71. The predicted molar refractivity (Wildman–Crippen MR) is 57.0 cm³/mol. The molecule has 0 aliphatic rings. The van der Waals surface area contributed by atoms with Crippen molar-refractivity contribution in [1.82, 2.24) is 4.98 Å². The van der Waals surface area contributed by atoms with Gasteiger partial charge in [-0.15, -0.1) is 0 Å². The number of nitrogen functional groups attached to an aromatic ring is 1. The minimum absolute atomic E-state index is 0.452. The number of ether oxygens (including phenoxy) is 1. The van der Waals surface area contributed by atoms with Gasteiger partial charge in [-0.25, -0.2) is 9.78 Å². The number of carbonyl (C=O) groups is 1. The number of pyridine rings is 1. The molecular formula is C11H12N2O2. The van der Waals surface area contributed by atoms with E-state index in [9.17, 15) is 4.79 Å². The van der Waals surface area contributed by atoms with Gasteiger partial charge in [0.2, 0.25) is 0 Å². The average Bonchev–Trinajstić information content (AvgIpc) is 2.15. The lowest BCUT2D eigenvalue weighted by Crippen LogP contribution is -1.99. The van der Waals surface area contributed by atoms with Crippen LogP contribution in [0.4, 0.5) is 5.82 Å². The molecular weight excluding hydrogens is 192 g/mol. The van der Waals surface area contributed by atoms with Crippen LogP contribution in [0.5, 0.6) is 0 Å². The maximum absolute atomic E-state index is 10.8. The highest BCUT2D eigenvalue weighted by molar-refractivity contribution is 5.89. The van der Waals surface area contributed by atoms with Crippen molar-refractivity contribution in [2.24, 2.45) is 0 Å². The second-order valence-corrected chi connectivity index (χ2v) is 3.07. The number of hydrogen-bond donors (Lipinski definition) is 1. The van der Waals surface area contributed by atoms with E-state index in [1.807, 2.05) is 6.92 Å². The van der Waals surface area contributed by atoms with E-state index in [1.165, 1.54) is 7.11 Å². The summed E-state index contributed by atoms with van der Waals surface area (Å²) in [6, 6.07) is 1.72. The zero-order valence-corrected chi connectivity index (χ0v) is 8.92. The van der Waals surface area contributed by atoms with Crippen LogP contribution in [0.3, 0.4) is 0 Å². The first-order valence-corrected chi connectivity index (χ1v) is 4.38. The summed E-state index contributed by atoms with van der Waals surface area (Å²) in [6.07, 6.45) is 0. The van der Waals surface area contributed by atoms with E-state index >= 15 is 0 Å². The molecule has 1 rings (SSSR count). The maximum atomic E-state index is 10.8. The van der Waals surface area contributed by atoms with Crippen molar-refractivity contribution >= 4 is 11.8 Å². The van der Waals surface area contributed by atoms with Crippen LogP contribution in [0, 0.1) is 25.7 Å². The molecule has 0 saturated carbocycles. The molecule has 0 aromatic carbocycles. The minimum Gasteiger partial charge on any atom is -0.459 e. The summed E-state index contributed by atoms with van der Waals surface area (Å²) in [7, 11) is 1.29. The first kappa shape index (κ1) is 11.1. The first-order chi connectivity index (χ1) is 7.04. The highest BCUT2D eigenvalue weighted by atomic mass is 16.5. The monoisotopic (exact) mass is 204 g/mol. The van der Waals surface area contributed by atoms with Crippen LogP contribution in [-0.4, -0.2) is 18.1 Å². The molecule has 1 heterocycles. The van der Waals surface area contributed by atoms with Crippen LogP contribution < -0.4 is 5.73 Å². The van der Waals surface area contributed by atoms with Gasteiger partial charge in [-0.05, 0) is 25.5 Å². The van der Waals surface area contributed by atoms with Crippen LogP contribution in [-0.2, 0) is 9.53 Å². The van der Waals surface area contributed by atoms with Crippen LogP contribution in [0.25, 0.3) is 0 Å². The van der Waals surface area contributed by atoms with Crippen molar-refractivity contribution in [3.63, 3.8) is 0 Å². The molecule has 0 aliphatic carbocycles. The standard InChI is InChI=1S/C11H12N2O2/c1-7-6-10(12)13-8(2)9(7)4-5-11(14)15-3/h6H,1-3H3,(H2,12,13). The molecule has 2 N–H and O–H groups in total. The molecule has 4 heteroatoms. The number of hydrogen-bond acceptors (Lipinski definition) is 4. The highest BCUT2D eigenvalue weighted by Crippen LogP contribution is 2.12. The molecule has 78 valence electrons. The third-order valence-electron chi connectivity index (χ3n) is 1.89. The SMILES string of the molecule is COC(=O)C#Cc1c(C)cc(N)nc1C. The second kappa shape index (κ2) is 4.47. The Morgan fingerprint density at radius 2 is 2.20 bits per heavy atom. The zero-order valence-electron chi connectivity index (χ0n) is 8.92. The summed E-state index contributed by atoms with van der Waals surface area (Å²) in [4.78, 5) is 14.9. The number of rotatable bonds is 0. The minimum atomic E-state index is -0.564. The molecule has 0 spiro atoms. The Labute approximate surface area is 88.5 Å². The largest absolute Gasteiger partial charge is 0.459 e. The number of nitrogens with two attached hydrogens (primary N) is 1. The van der Waals surface area contributed by atoms with Crippen molar-refractivity contribution < 1.29 is 9.53 Å². The number of aromatic nitrogens is 1. The fourth-order valence-corrected chi connectivity index (χ4v) is 1.21. The molecule has 0 fully saturated rings. The van der Waals surface area contributed by atoms with Crippen LogP contribution in [0.2, 0.25) is 0 Å². The summed E-state index contributed by atoms with van der Waals surface area (Å²) < 4.78 is 4.42. The van der Waals surface area contributed by atoms with Crippen LogP contribution in [0.15, 0.2) is 6.07 Å². The number of nitrogens with zero attached hydrogens (tertiary/aromatic N) is 1. The molecule has 0 unspecified atom stereocenters. The number of esters is 1. The lowest BCUT2D eigenvalue weighted by molar-refractivity contribution is -0.133. The molecule has 4 nitrogen and oxygen atoms in total. The van der Waals surface area contributed by atoms with Gasteiger partial charge in [0.1, 0.15) is 5.82 Å². The summed E-state index contributed by atoms with van der Waals surface area (Å²) in [5.41, 5.74) is 7.89. The Morgan fingerprint density at radius 3 is 2.73 bits per heavy atom. The predicted octanol–water partition coefficient (Wildman–Crippen LogP) is 0.805. The average molecular weight is 204 g/mol. The van der Waals surface area contributed by atoms with E-state index in [1.54, 1.807) is 13.0 Å². The van der Waals surface area contributed by atoms with E-state index in [0.717, 1.165) is 11.1 Å². The van der Waals surface area contributed by atoms with Gasteiger partial charge in [-0.2, -0.15) is 0 Å². The van der Waals surface area contributed by atoms with Crippen LogP contribution >= 0.6 is 0 Å². The number of carbonyl (C=O) groups excluding carboxylic acids is 1. The van der Waals surface area contributed by atoms with Crippen molar-refractivity contribution in [2.75, 3.05) is 12.8 Å². The Morgan fingerprint density at radius 1 is 1.53 bits per heavy atom. The van der Waals surface area contributed by atoms with Gasteiger partial charge in [0.05, 0.1) is 12.8 Å². The molecule has 0 radical (unpaired) electrons. The van der Waals surface area contributed by atoms with E-state index in [0.29, 0.717) is 11.5 Å². The normalized spacial score (nSPS) is 9.00. The van der Waals surface area contributed by atoms with Crippen molar-refractivity contribution in [2.45, 2.75) is 13.8 Å². The molecule has 15 heavy (non-hydrogen) atoms. The van der Waals surface area contributed by atoms with E-state index in [2.05, 4.69) is 21.6 Å². The quantitative estimate of drug-likeness (QED) is 0.501. The second-order valence-electron chi connectivity index (χ2n) is 3.07. The van der Waals surface area contributed by atoms with Gasteiger partial charge in [-0.1, -0.05) is 5.92 Å². The summed E-state index contributed by atoms with van der Waals surface area (Å²) >= 11 is 0. The lowest BCUT2D eigenvalue weighted by Gasteiger charge is -2.03. The fraction of sp³-hybridized carbons (Fsp3) is 0.273. The van der Waals surface area contributed by atoms with Gasteiger partial charge in [-0.3, -0.25) is 0 Å². The Kier molecular flexibility index (Phi) is 3.29. The summed E-state index contributed by atoms with van der Waals surface area (Å²) in [5, 5.41) is 0. The maximum Gasteiger partial charge on any atom is 0.384 e. The van der Waals surface area contributed by atoms with Gasteiger partial charge >= 0.3 is 5.97 Å². The summed E-state index contributed by atoms with van der Waals surface area (Å²) in [5.74, 6) is 4.96. The zero-order chi connectivity index (χ0) is 11.4. The van der Waals surface area contributed by atoms with Gasteiger partial charge < -0.3 is 10.5 Å². The molecule has 1 aromatic heterocycles. The van der Waals surface area contributed by atoms with Crippen molar-refractivity contribution in [1.29, 1.82) is 0 Å². The van der Waals surface area contributed by atoms with E-state index in [4.69, 9.17) is 5.73 Å². The smallest absolute Gasteiger partial charge is 0.384 e. The third-order valence-corrected chi connectivity index (χ3v) is 1.89. The molecule has 0 saturated heterocycles. The Bertz CT molecular complexity index is 432. The van der Waals surface area contributed by atoms with Crippen molar-refractivity contribution in [3.05, 3.63) is 22.9 Å². The molecule has 0 aliphatic heterocycles. The molecule has 0 atom stereocenters. The Balaban J connectivity index is 3.14. The molecule has 0 amide bonds. The number of aryl methyl sites for hydroxylation is 2. The molecule has 0 bridgehead atoms.